The van der Waals surface area contributed by atoms with Gasteiger partial charge in [0.1, 0.15) is 11.8 Å². The number of hydrogen-bond donors (Lipinski definition) is 3. The Hall–Kier alpha value is -3.67. The van der Waals surface area contributed by atoms with Gasteiger partial charge in [0.05, 0.1) is 40.1 Å². The van der Waals surface area contributed by atoms with Crippen LogP contribution in [0.3, 0.4) is 0 Å². The number of hydrogen-bond acceptors (Lipinski definition) is 7. The van der Waals surface area contributed by atoms with Crippen LogP contribution in [-0.4, -0.2) is 26.5 Å². The number of halogens is 1. The van der Waals surface area contributed by atoms with Crippen LogP contribution >= 0.6 is 11.6 Å². The van der Waals surface area contributed by atoms with Gasteiger partial charge >= 0.3 is 0 Å². The number of rotatable bonds is 7. The van der Waals surface area contributed by atoms with Crippen molar-refractivity contribution >= 4 is 33.9 Å². The normalized spacial score (nSPS) is 15.8. The summed E-state index contributed by atoms with van der Waals surface area (Å²) in [7, 11) is 0. The summed E-state index contributed by atoms with van der Waals surface area (Å²) in [5.41, 5.74) is 7.38. The summed E-state index contributed by atoms with van der Waals surface area (Å²) in [6.07, 6.45) is 5.94. The quantitative estimate of drug-likeness (QED) is 0.273. The fraction of sp³-hybridized carbons (Fsp3) is 0.379. The van der Waals surface area contributed by atoms with Gasteiger partial charge in [0.15, 0.2) is 0 Å². The van der Waals surface area contributed by atoms with Crippen LogP contribution in [-0.2, 0) is 13.1 Å². The molecule has 2 aliphatic rings. The molecule has 1 atom stereocenters. The zero-order chi connectivity index (χ0) is 26.4. The van der Waals surface area contributed by atoms with Crippen molar-refractivity contribution < 1.29 is 0 Å². The first-order valence-corrected chi connectivity index (χ1v) is 13.4. The summed E-state index contributed by atoms with van der Waals surface area (Å²) in [5, 5.41) is 30.9. The smallest absolute Gasteiger partial charge is 0.109 e. The molecule has 194 valence electrons. The van der Waals surface area contributed by atoms with Crippen molar-refractivity contribution in [2.24, 2.45) is 5.41 Å². The maximum atomic E-state index is 9.83. The lowest BCUT2D eigenvalue weighted by Gasteiger charge is -2.23. The molecule has 1 aliphatic heterocycles. The Labute approximate surface area is 227 Å². The van der Waals surface area contributed by atoms with Gasteiger partial charge < -0.3 is 16.0 Å². The minimum absolute atomic E-state index is 0.0299. The largest absolute Gasteiger partial charge is 0.383 e. The molecule has 2 aromatic heterocycles. The Balaban J connectivity index is 1.45. The number of anilines is 2. The molecule has 0 radical (unpaired) electrons. The molecule has 2 aromatic carbocycles. The predicted octanol–water partition coefficient (Wildman–Crippen LogP) is 5.95. The molecule has 1 saturated carbocycles. The molecular formula is C29H31ClN8. The highest BCUT2D eigenvalue weighted by atomic mass is 35.5. The van der Waals surface area contributed by atoms with Gasteiger partial charge in [-0.1, -0.05) is 55.8 Å². The molecule has 0 amide bonds. The second kappa shape index (κ2) is 9.57. The molecule has 8 nitrogen and oxygen atoms in total. The van der Waals surface area contributed by atoms with Crippen molar-refractivity contribution in [3.05, 3.63) is 75.7 Å². The predicted molar refractivity (Wildman–Crippen MR) is 150 cm³/mol. The minimum Gasteiger partial charge on any atom is -0.383 e. The van der Waals surface area contributed by atoms with E-state index in [9.17, 15) is 5.26 Å². The maximum Gasteiger partial charge on any atom is 0.109 e. The van der Waals surface area contributed by atoms with Gasteiger partial charge in [-0.2, -0.15) is 5.26 Å². The van der Waals surface area contributed by atoms with Crippen LogP contribution in [0.4, 0.5) is 11.4 Å². The molecule has 38 heavy (non-hydrogen) atoms. The van der Waals surface area contributed by atoms with E-state index >= 15 is 0 Å². The van der Waals surface area contributed by atoms with Gasteiger partial charge in [0.2, 0.25) is 0 Å². The van der Waals surface area contributed by atoms with Gasteiger partial charge in [-0.15, -0.1) is 5.10 Å². The third kappa shape index (κ3) is 4.80. The molecule has 9 heteroatoms. The molecule has 0 bridgehead atoms. The standard InChI is InChI=1S/C29H31ClN8/c1-29(2,3)16-34-26-18(11-31)13-33-27-22(26)9-19(10-24(27)30)35-28(25-15-38(37-36-25)20-7-8-20)21-6-4-5-17-12-32-14-23(17)21/h4-6,9-10,13,15,20,28,32,35H,7-8,12,14,16H2,1-3H3,(H,33,34). The molecule has 1 fully saturated rings. The zero-order valence-electron chi connectivity index (χ0n) is 21.8. The number of pyridine rings is 1. The molecule has 4 aromatic rings. The van der Waals surface area contributed by atoms with Crippen molar-refractivity contribution in [2.75, 3.05) is 17.2 Å². The summed E-state index contributed by atoms with van der Waals surface area (Å²) < 4.78 is 1.98. The molecular weight excluding hydrogens is 496 g/mol. The van der Waals surface area contributed by atoms with E-state index in [2.05, 4.69) is 82.5 Å². The number of aromatic nitrogens is 4. The highest BCUT2D eigenvalue weighted by molar-refractivity contribution is 6.35. The van der Waals surface area contributed by atoms with Crippen LogP contribution in [0, 0.1) is 16.7 Å². The fourth-order valence-electron chi connectivity index (χ4n) is 5.02. The Kier molecular flexibility index (Phi) is 6.21. The SMILES string of the molecule is CC(C)(C)CNc1c(C#N)cnc2c(Cl)cc(NC(c3cn(C4CC4)nn3)c3cccc4c3CNC4)cc12. The first-order chi connectivity index (χ1) is 18.3. The Morgan fingerprint density at radius 3 is 2.84 bits per heavy atom. The highest BCUT2D eigenvalue weighted by Gasteiger charge is 2.29. The van der Waals surface area contributed by atoms with Crippen molar-refractivity contribution in [1.29, 1.82) is 5.26 Å². The van der Waals surface area contributed by atoms with E-state index in [1.807, 2.05) is 16.8 Å². The zero-order valence-corrected chi connectivity index (χ0v) is 22.6. The second-order valence-electron chi connectivity index (χ2n) is 11.4. The molecule has 0 spiro atoms. The van der Waals surface area contributed by atoms with Gasteiger partial charge in [-0.3, -0.25) is 4.98 Å². The van der Waals surface area contributed by atoms with Crippen molar-refractivity contribution in [1.82, 2.24) is 25.3 Å². The molecule has 1 aliphatic carbocycles. The lowest BCUT2D eigenvalue weighted by Crippen LogP contribution is -2.20. The van der Waals surface area contributed by atoms with Crippen molar-refractivity contribution in [3.63, 3.8) is 0 Å². The summed E-state index contributed by atoms with van der Waals surface area (Å²) >= 11 is 6.79. The average Bonchev–Trinajstić information content (AvgIpc) is 3.41. The highest BCUT2D eigenvalue weighted by Crippen LogP contribution is 2.38. The monoisotopic (exact) mass is 526 g/mol. The van der Waals surface area contributed by atoms with Crippen LogP contribution in [0.5, 0.6) is 0 Å². The summed E-state index contributed by atoms with van der Waals surface area (Å²) in [5.74, 6) is 0. The number of fused-ring (bicyclic) bond motifs is 2. The summed E-state index contributed by atoms with van der Waals surface area (Å²) in [6, 6.07) is 12.9. The molecule has 0 saturated heterocycles. The summed E-state index contributed by atoms with van der Waals surface area (Å²) in [4.78, 5) is 4.51. The van der Waals surface area contributed by atoms with E-state index in [0.717, 1.165) is 48.4 Å². The molecule has 6 rings (SSSR count). The number of nitrogens with one attached hydrogen (secondary N) is 3. The molecule has 1 unspecified atom stereocenters. The van der Waals surface area contributed by atoms with E-state index in [0.29, 0.717) is 28.7 Å². The minimum atomic E-state index is -0.219. The van der Waals surface area contributed by atoms with E-state index in [1.165, 1.54) is 16.7 Å². The van der Waals surface area contributed by atoms with E-state index in [-0.39, 0.29) is 11.5 Å². The van der Waals surface area contributed by atoms with Crippen molar-refractivity contribution in [3.8, 4) is 6.07 Å². The first-order valence-electron chi connectivity index (χ1n) is 13.1. The van der Waals surface area contributed by atoms with E-state index in [1.54, 1.807) is 6.20 Å². The number of nitrogens with zero attached hydrogens (tertiary/aromatic N) is 5. The van der Waals surface area contributed by atoms with E-state index < -0.39 is 0 Å². The fourth-order valence-corrected chi connectivity index (χ4v) is 5.29. The lowest BCUT2D eigenvalue weighted by atomic mass is 9.95. The van der Waals surface area contributed by atoms with Gasteiger partial charge in [-0.05, 0) is 47.1 Å². The third-order valence-corrected chi connectivity index (χ3v) is 7.42. The second-order valence-corrected chi connectivity index (χ2v) is 11.9. The Morgan fingerprint density at radius 1 is 1.24 bits per heavy atom. The first kappa shape index (κ1) is 24.7. The van der Waals surface area contributed by atoms with Crippen LogP contribution in [0.2, 0.25) is 5.02 Å². The van der Waals surface area contributed by atoms with Crippen LogP contribution in [0.15, 0.2) is 42.7 Å². The average molecular weight is 527 g/mol. The molecule has 3 heterocycles. The van der Waals surface area contributed by atoms with E-state index in [4.69, 9.17) is 11.6 Å². The van der Waals surface area contributed by atoms with Crippen LogP contribution in [0.25, 0.3) is 10.9 Å². The van der Waals surface area contributed by atoms with Crippen LogP contribution in [0.1, 0.15) is 73.6 Å². The number of nitriles is 1. The van der Waals surface area contributed by atoms with Crippen molar-refractivity contribution in [2.45, 2.75) is 58.8 Å². The maximum absolute atomic E-state index is 9.83. The Bertz CT molecular complexity index is 1560. The topological polar surface area (TPSA) is 103 Å². The third-order valence-electron chi connectivity index (χ3n) is 7.13. The van der Waals surface area contributed by atoms with Gasteiger partial charge in [-0.25, -0.2) is 4.68 Å². The van der Waals surface area contributed by atoms with Crippen LogP contribution < -0.4 is 16.0 Å². The van der Waals surface area contributed by atoms with Gasteiger partial charge in [0, 0.05) is 36.9 Å². The molecule has 3 N–H and O–H groups in total. The lowest BCUT2D eigenvalue weighted by molar-refractivity contribution is 0.443. The Morgan fingerprint density at radius 2 is 2.08 bits per heavy atom. The number of benzene rings is 2. The summed E-state index contributed by atoms with van der Waals surface area (Å²) in [6.45, 7) is 8.84. The van der Waals surface area contributed by atoms with Gasteiger partial charge in [0.25, 0.3) is 0 Å².